The molecule has 0 bridgehead atoms. The van der Waals surface area contributed by atoms with Crippen molar-refractivity contribution in [2.45, 2.75) is 45.3 Å². The van der Waals surface area contributed by atoms with E-state index in [0.29, 0.717) is 6.04 Å². The lowest BCUT2D eigenvalue weighted by Crippen LogP contribution is -2.26. The Labute approximate surface area is 116 Å². The van der Waals surface area contributed by atoms with Gasteiger partial charge in [0.15, 0.2) is 0 Å². The Balaban J connectivity index is 2.77. The van der Waals surface area contributed by atoms with Gasteiger partial charge in [0.1, 0.15) is 0 Å². The molecule has 0 amide bonds. The van der Waals surface area contributed by atoms with Crippen LogP contribution in [-0.4, -0.2) is 19.8 Å². The van der Waals surface area contributed by atoms with Gasteiger partial charge in [-0.25, -0.2) is 0 Å². The lowest BCUT2D eigenvalue weighted by Gasteiger charge is -2.26. The molecule has 1 unspecified atom stereocenters. The molecule has 0 aromatic heterocycles. The van der Waals surface area contributed by atoms with E-state index in [0.717, 1.165) is 17.9 Å². The number of rotatable bonds is 6. The summed E-state index contributed by atoms with van der Waals surface area (Å²) in [6.45, 7) is 6.34. The minimum Gasteiger partial charge on any atom is -0.379 e. The summed E-state index contributed by atoms with van der Waals surface area (Å²) in [6, 6.07) is 6.42. The first-order valence-corrected chi connectivity index (χ1v) is 6.76. The van der Waals surface area contributed by atoms with Crippen molar-refractivity contribution in [3.05, 3.63) is 34.3 Å². The van der Waals surface area contributed by atoms with E-state index in [4.69, 9.17) is 16.3 Å². The maximum Gasteiger partial charge on any atom is 0.0623 e. The zero-order valence-electron chi connectivity index (χ0n) is 12.0. The Morgan fingerprint density at radius 1 is 1.39 bits per heavy atom. The van der Waals surface area contributed by atoms with E-state index in [2.05, 4.69) is 32.2 Å². The molecule has 1 N–H and O–H groups in total. The van der Waals surface area contributed by atoms with Gasteiger partial charge in [0.2, 0.25) is 0 Å². The van der Waals surface area contributed by atoms with Crippen molar-refractivity contribution in [2.75, 3.05) is 14.2 Å². The summed E-state index contributed by atoms with van der Waals surface area (Å²) >= 11 is 6.00. The largest absolute Gasteiger partial charge is 0.379 e. The number of benzene rings is 1. The number of methoxy groups -OCH3 is 1. The lowest BCUT2D eigenvalue weighted by molar-refractivity contribution is 0.0118. The molecule has 0 heterocycles. The van der Waals surface area contributed by atoms with Crippen LogP contribution in [0, 0.1) is 6.92 Å². The first-order chi connectivity index (χ1) is 8.39. The van der Waals surface area contributed by atoms with Crippen LogP contribution in [0.2, 0.25) is 5.02 Å². The maximum absolute atomic E-state index is 6.00. The fourth-order valence-corrected chi connectivity index (χ4v) is 2.31. The molecule has 0 aliphatic rings. The highest BCUT2D eigenvalue weighted by Gasteiger charge is 2.20. The zero-order chi connectivity index (χ0) is 13.8. The summed E-state index contributed by atoms with van der Waals surface area (Å²) in [5.74, 6) is 0. The molecule has 0 fully saturated rings. The predicted molar refractivity (Wildman–Crippen MR) is 78.3 cm³/mol. The molecule has 1 aromatic rings. The summed E-state index contributed by atoms with van der Waals surface area (Å²) in [4.78, 5) is 0. The zero-order valence-corrected chi connectivity index (χ0v) is 12.8. The maximum atomic E-state index is 6.00. The van der Waals surface area contributed by atoms with Crippen molar-refractivity contribution >= 4 is 11.6 Å². The number of hydrogen-bond donors (Lipinski definition) is 1. The Hall–Kier alpha value is -0.570. The molecule has 2 nitrogen and oxygen atoms in total. The first-order valence-electron chi connectivity index (χ1n) is 6.38. The number of nitrogens with one attached hydrogen (secondary N) is 1. The number of hydrogen-bond acceptors (Lipinski definition) is 2. The summed E-state index contributed by atoms with van der Waals surface area (Å²) in [5.41, 5.74) is 2.47. The van der Waals surface area contributed by atoms with Crippen LogP contribution in [0.15, 0.2) is 18.2 Å². The minimum absolute atomic E-state index is 0.0740. The van der Waals surface area contributed by atoms with E-state index in [1.54, 1.807) is 7.11 Å². The van der Waals surface area contributed by atoms with Gasteiger partial charge in [-0.1, -0.05) is 17.7 Å². The van der Waals surface area contributed by atoms with Crippen molar-refractivity contribution in [3.63, 3.8) is 0 Å². The molecule has 0 saturated carbocycles. The second kappa shape index (κ2) is 6.55. The van der Waals surface area contributed by atoms with E-state index < -0.39 is 0 Å². The van der Waals surface area contributed by atoms with Gasteiger partial charge in [0.25, 0.3) is 0 Å². The van der Waals surface area contributed by atoms with Crippen LogP contribution >= 0.6 is 11.6 Å². The van der Waals surface area contributed by atoms with E-state index in [-0.39, 0.29) is 5.60 Å². The molecule has 1 rings (SSSR count). The Kier molecular flexibility index (Phi) is 5.64. The minimum atomic E-state index is -0.0740. The van der Waals surface area contributed by atoms with Gasteiger partial charge in [-0.2, -0.15) is 0 Å². The highest BCUT2D eigenvalue weighted by atomic mass is 35.5. The Bertz CT molecular complexity index is 390. The van der Waals surface area contributed by atoms with E-state index in [1.165, 1.54) is 11.1 Å². The molecule has 0 aliphatic carbocycles. The molecule has 0 spiro atoms. The van der Waals surface area contributed by atoms with Crippen molar-refractivity contribution < 1.29 is 4.74 Å². The van der Waals surface area contributed by atoms with Gasteiger partial charge in [-0.05, 0) is 63.9 Å². The standard InChI is InChI=1S/C15H24ClNO/c1-11-10-12(16)6-7-13(11)14(17-4)8-9-15(2,3)18-5/h6-7,10,14,17H,8-9H2,1-5H3. The third kappa shape index (κ3) is 4.27. The third-order valence-electron chi connectivity index (χ3n) is 3.54. The predicted octanol–water partition coefficient (Wildman–Crippen LogP) is 4.11. The first kappa shape index (κ1) is 15.5. The molecule has 1 aromatic carbocycles. The van der Waals surface area contributed by atoms with Gasteiger partial charge < -0.3 is 10.1 Å². The van der Waals surface area contributed by atoms with Gasteiger partial charge in [0, 0.05) is 18.2 Å². The molecular weight excluding hydrogens is 246 g/mol. The molecule has 1 atom stereocenters. The van der Waals surface area contributed by atoms with E-state index in [1.807, 2.05) is 19.2 Å². The fraction of sp³-hybridized carbons (Fsp3) is 0.600. The molecule has 18 heavy (non-hydrogen) atoms. The lowest BCUT2D eigenvalue weighted by atomic mass is 9.93. The van der Waals surface area contributed by atoms with Crippen molar-refractivity contribution in [3.8, 4) is 0 Å². The fourth-order valence-electron chi connectivity index (χ4n) is 2.08. The smallest absolute Gasteiger partial charge is 0.0623 e. The molecule has 102 valence electrons. The number of aryl methyl sites for hydroxylation is 1. The number of ether oxygens (including phenoxy) is 1. The summed E-state index contributed by atoms with van der Waals surface area (Å²) in [7, 11) is 3.76. The molecule has 0 radical (unpaired) electrons. The van der Waals surface area contributed by atoms with Crippen LogP contribution in [0.5, 0.6) is 0 Å². The van der Waals surface area contributed by atoms with E-state index in [9.17, 15) is 0 Å². The number of halogens is 1. The van der Waals surface area contributed by atoms with Crippen LogP contribution in [0.4, 0.5) is 0 Å². The van der Waals surface area contributed by atoms with Crippen molar-refractivity contribution in [1.82, 2.24) is 5.32 Å². The Morgan fingerprint density at radius 2 is 2.06 bits per heavy atom. The third-order valence-corrected chi connectivity index (χ3v) is 3.78. The highest BCUT2D eigenvalue weighted by molar-refractivity contribution is 6.30. The second-order valence-corrected chi connectivity index (χ2v) is 5.78. The summed E-state index contributed by atoms with van der Waals surface area (Å²) in [5, 5.41) is 4.17. The van der Waals surface area contributed by atoms with Gasteiger partial charge >= 0.3 is 0 Å². The summed E-state index contributed by atoms with van der Waals surface area (Å²) < 4.78 is 5.47. The van der Waals surface area contributed by atoms with Crippen molar-refractivity contribution in [2.24, 2.45) is 0 Å². The SMILES string of the molecule is CNC(CCC(C)(C)OC)c1ccc(Cl)cc1C. The van der Waals surface area contributed by atoms with Crippen LogP contribution < -0.4 is 5.32 Å². The quantitative estimate of drug-likeness (QED) is 0.839. The highest BCUT2D eigenvalue weighted by Crippen LogP contribution is 2.27. The second-order valence-electron chi connectivity index (χ2n) is 5.34. The van der Waals surface area contributed by atoms with Crippen molar-refractivity contribution in [1.29, 1.82) is 0 Å². The monoisotopic (exact) mass is 269 g/mol. The molecule has 0 saturated heterocycles. The van der Waals surface area contributed by atoms with E-state index >= 15 is 0 Å². The van der Waals surface area contributed by atoms with Crippen LogP contribution in [0.25, 0.3) is 0 Å². The van der Waals surface area contributed by atoms with Crippen LogP contribution in [0.3, 0.4) is 0 Å². The molecular formula is C15H24ClNO. The van der Waals surface area contributed by atoms with Gasteiger partial charge in [-0.3, -0.25) is 0 Å². The average Bonchev–Trinajstić information content (AvgIpc) is 2.32. The Morgan fingerprint density at radius 3 is 2.56 bits per heavy atom. The van der Waals surface area contributed by atoms with Gasteiger partial charge in [-0.15, -0.1) is 0 Å². The average molecular weight is 270 g/mol. The van der Waals surface area contributed by atoms with Gasteiger partial charge in [0.05, 0.1) is 5.60 Å². The topological polar surface area (TPSA) is 21.3 Å². The summed E-state index contributed by atoms with van der Waals surface area (Å²) in [6.07, 6.45) is 2.05. The van der Waals surface area contributed by atoms with Crippen LogP contribution in [0.1, 0.15) is 43.9 Å². The normalized spacial score (nSPS) is 13.7. The molecule has 0 aliphatic heterocycles. The molecule has 3 heteroatoms. The van der Waals surface area contributed by atoms with Crippen LogP contribution in [-0.2, 0) is 4.74 Å².